The van der Waals surface area contributed by atoms with Crippen molar-refractivity contribution in [2.24, 2.45) is 0 Å². The second-order valence-electron chi connectivity index (χ2n) is 5.98. The fraction of sp³-hybridized carbons (Fsp3) is 0.556. The van der Waals surface area contributed by atoms with Gasteiger partial charge in [0.2, 0.25) is 0 Å². The van der Waals surface area contributed by atoms with E-state index in [9.17, 15) is 9.59 Å². The van der Waals surface area contributed by atoms with Crippen molar-refractivity contribution in [2.45, 2.75) is 50.5 Å². The van der Waals surface area contributed by atoms with E-state index >= 15 is 0 Å². The standard InChI is InChI=1S/C18H24ClNO3/c1-23-17(22)11-5-7-13-20-18(12-6-4-10-16(18)21)14-8-2-3-9-15(14)19/h2-3,8-9,20H,4-7,10-13H2,1H3. The van der Waals surface area contributed by atoms with E-state index < -0.39 is 5.54 Å². The lowest BCUT2D eigenvalue weighted by Gasteiger charge is -2.38. The van der Waals surface area contributed by atoms with Gasteiger partial charge in [0.05, 0.1) is 7.11 Å². The molecule has 1 aliphatic carbocycles. The van der Waals surface area contributed by atoms with Gasteiger partial charge >= 0.3 is 5.97 Å². The average Bonchev–Trinajstić information content (AvgIpc) is 2.56. The molecule has 1 aliphatic rings. The first kappa shape index (κ1) is 18.0. The molecule has 2 rings (SSSR count). The number of methoxy groups -OCH3 is 1. The summed E-state index contributed by atoms with van der Waals surface area (Å²) in [4.78, 5) is 23.8. The Morgan fingerprint density at radius 1 is 1.30 bits per heavy atom. The lowest BCUT2D eigenvalue weighted by Crippen LogP contribution is -2.51. The predicted octanol–water partition coefficient (Wildman–Crippen LogP) is 3.61. The summed E-state index contributed by atoms with van der Waals surface area (Å²) in [6.07, 6.45) is 5.26. The van der Waals surface area contributed by atoms with E-state index in [4.69, 9.17) is 11.6 Å². The number of benzene rings is 1. The molecule has 126 valence electrons. The minimum Gasteiger partial charge on any atom is -0.469 e. The molecule has 1 fully saturated rings. The zero-order valence-corrected chi connectivity index (χ0v) is 14.3. The Bertz CT molecular complexity index is 561. The van der Waals surface area contributed by atoms with Crippen molar-refractivity contribution in [1.82, 2.24) is 5.32 Å². The van der Waals surface area contributed by atoms with E-state index in [1.54, 1.807) is 0 Å². The van der Waals surface area contributed by atoms with E-state index in [1.165, 1.54) is 7.11 Å². The fourth-order valence-electron chi connectivity index (χ4n) is 3.20. The summed E-state index contributed by atoms with van der Waals surface area (Å²) in [5.74, 6) is 0.0179. The van der Waals surface area contributed by atoms with E-state index in [2.05, 4.69) is 10.1 Å². The van der Waals surface area contributed by atoms with Gasteiger partial charge in [-0.25, -0.2) is 0 Å². The van der Waals surface area contributed by atoms with Crippen LogP contribution in [0.15, 0.2) is 24.3 Å². The zero-order valence-electron chi connectivity index (χ0n) is 13.6. The average molecular weight is 338 g/mol. The van der Waals surface area contributed by atoms with Gasteiger partial charge < -0.3 is 10.1 Å². The fourth-order valence-corrected chi connectivity index (χ4v) is 3.50. The molecule has 0 spiro atoms. The third-order valence-electron chi connectivity index (χ3n) is 4.48. The van der Waals surface area contributed by atoms with E-state index in [0.717, 1.165) is 37.7 Å². The SMILES string of the molecule is COC(=O)CCCCNC1(c2ccccc2Cl)CCCCC1=O. The van der Waals surface area contributed by atoms with Crippen LogP contribution < -0.4 is 5.32 Å². The van der Waals surface area contributed by atoms with Crippen LogP contribution in [0.1, 0.15) is 50.5 Å². The van der Waals surface area contributed by atoms with Crippen molar-refractivity contribution < 1.29 is 14.3 Å². The summed E-state index contributed by atoms with van der Waals surface area (Å²) < 4.78 is 4.64. The highest BCUT2D eigenvalue weighted by atomic mass is 35.5. The molecule has 1 saturated carbocycles. The first-order chi connectivity index (χ1) is 11.1. The number of Topliss-reactive ketones (excluding diaryl/α,β-unsaturated/α-hetero) is 1. The van der Waals surface area contributed by atoms with Gasteiger partial charge in [-0.1, -0.05) is 36.2 Å². The van der Waals surface area contributed by atoms with Crippen molar-refractivity contribution in [3.8, 4) is 0 Å². The number of unbranched alkanes of at least 4 members (excludes halogenated alkanes) is 1. The molecule has 0 heterocycles. The Morgan fingerprint density at radius 3 is 2.78 bits per heavy atom. The molecule has 1 N–H and O–H groups in total. The molecule has 0 radical (unpaired) electrons. The van der Waals surface area contributed by atoms with Crippen molar-refractivity contribution in [1.29, 1.82) is 0 Å². The van der Waals surface area contributed by atoms with Gasteiger partial charge in [0, 0.05) is 17.9 Å². The van der Waals surface area contributed by atoms with Crippen LogP contribution in [0.4, 0.5) is 0 Å². The highest BCUT2D eigenvalue weighted by Crippen LogP contribution is 2.37. The molecule has 0 amide bonds. The van der Waals surface area contributed by atoms with Gasteiger partial charge in [-0.05, 0) is 43.9 Å². The molecule has 1 atom stereocenters. The number of carbonyl (C=O) groups is 2. The monoisotopic (exact) mass is 337 g/mol. The molecule has 0 saturated heterocycles. The first-order valence-electron chi connectivity index (χ1n) is 8.20. The minimum absolute atomic E-state index is 0.195. The number of hydrogen-bond acceptors (Lipinski definition) is 4. The highest BCUT2D eigenvalue weighted by Gasteiger charge is 2.41. The highest BCUT2D eigenvalue weighted by molar-refractivity contribution is 6.31. The maximum Gasteiger partial charge on any atom is 0.305 e. The van der Waals surface area contributed by atoms with E-state index in [-0.39, 0.29) is 11.8 Å². The molecule has 23 heavy (non-hydrogen) atoms. The van der Waals surface area contributed by atoms with Crippen LogP contribution in [0.2, 0.25) is 5.02 Å². The second kappa shape index (κ2) is 8.46. The van der Waals surface area contributed by atoms with Crippen LogP contribution >= 0.6 is 11.6 Å². The molecular weight excluding hydrogens is 314 g/mol. The quantitative estimate of drug-likeness (QED) is 0.610. The molecule has 5 heteroatoms. The summed E-state index contributed by atoms with van der Waals surface area (Å²) in [5.41, 5.74) is 0.196. The Kier molecular flexibility index (Phi) is 6.60. The maximum absolute atomic E-state index is 12.7. The van der Waals surface area contributed by atoms with Crippen LogP contribution in [0, 0.1) is 0 Å². The van der Waals surface area contributed by atoms with Gasteiger partial charge in [0.15, 0.2) is 5.78 Å². The summed E-state index contributed by atoms with van der Waals surface area (Å²) >= 11 is 6.36. The van der Waals surface area contributed by atoms with Gasteiger partial charge in [-0.3, -0.25) is 9.59 Å². The van der Waals surface area contributed by atoms with Gasteiger partial charge in [-0.15, -0.1) is 0 Å². The molecule has 1 aromatic carbocycles. The van der Waals surface area contributed by atoms with Gasteiger partial charge in [-0.2, -0.15) is 0 Å². The van der Waals surface area contributed by atoms with Crippen molar-refractivity contribution >= 4 is 23.4 Å². The lowest BCUT2D eigenvalue weighted by atomic mass is 9.75. The number of rotatable bonds is 7. The van der Waals surface area contributed by atoms with Crippen molar-refractivity contribution in [3.05, 3.63) is 34.9 Å². The number of ether oxygens (including phenoxy) is 1. The Morgan fingerprint density at radius 2 is 2.09 bits per heavy atom. The van der Waals surface area contributed by atoms with Gasteiger partial charge in [0.25, 0.3) is 0 Å². The zero-order chi connectivity index (χ0) is 16.7. The molecule has 1 aromatic rings. The molecule has 0 aliphatic heterocycles. The van der Waals surface area contributed by atoms with Crippen molar-refractivity contribution in [3.63, 3.8) is 0 Å². The van der Waals surface area contributed by atoms with Crippen LogP contribution in [-0.4, -0.2) is 25.4 Å². The van der Waals surface area contributed by atoms with Crippen LogP contribution in [0.5, 0.6) is 0 Å². The summed E-state index contributed by atoms with van der Waals surface area (Å²) in [5, 5.41) is 4.08. The number of carbonyl (C=O) groups excluding carboxylic acids is 2. The second-order valence-corrected chi connectivity index (χ2v) is 6.38. The third kappa shape index (κ3) is 4.33. The molecule has 4 nitrogen and oxygen atoms in total. The Hall–Kier alpha value is -1.39. The Labute approximate surface area is 142 Å². The Balaban J connectivity index is 2.05. The summed E-state index contributed by atoms with van der Waals surface area (Å²) in [6, 6.07) is 7.57. The van der Waals surface area contributed by atoms with Crippen LogP contribution in [0.3, 0.4) is 0 Å². The predicted molar refractivity (Wildman–Crippen MR) is 90.5 cm³/mol. The first-order valence-corrected chi connectivity index (χ1v) is 8.58. The molecule has 0 aromatic heterocycles. The summed E-state index contributed by atoms with van der Waals surface area (Å²) in [7, 11) is 1.40. The minimum atomic E-state index is -0.679. The largest absolute Gasteiger partial charge is 0.469 e. The molecule has 1 unspecified atom stereocenters. The molecule has 0 bridgehead atoms. The van der Waals surface area contributed by atoms with Crippen LogP contribution in [0.25, 0.3) is 0 Å². The lowest BCUT2D eigenvalue weighted by molar-refractivity contribution is -0.140. The van der Waals surface area contributed by atoms with E-state index in [0.29, 0.717) is 24.4 Å². The van der Waals surface area contributed by atoms with Crippen LogP contribution in [-0.2, 0) is 19.9 Å². The topological polar surface area (TPSA) is 55.4 Å². The van der Waals surface area contributed by atoms with E-state index in [1.807, 2.05) is 24.3 Å². The maximum atomic E-state index is 12.7. The number of esters is 1. The van der Waals surface area contributed by atoms with Crippen molar-refractivity contribution in [2.75, 3.05) is 13.7 Å². The number of ketones is 1. The molecular formula is C18H24ClNO3. The van der Waals surface area contributed by atoms with Gasteiger partial charge in [0.1, 0.15) is 5.54 Å². The number of hydrogen-bond donors (Lipinski definition) is 1. The normalized spacial score (nSPS) is 21.2. The number of nitrogens with one attached hydrogen (secondary N) is 1. The summed E-state index contributed by atoms with van der Waals surface area (Å²) in [6.45, 7) is 0.675. The smallest absolute Gasteiger partial charge is 0.305 e. The third-order valence-corrected chi connectivity index (χ3v) is 4.81. The number of halogens is 1.